The third kappa shape index (κ3) is 5.37. The summed E-state index contributed by atoms with van der Waals surface area (Å²) in [5.74, 6) is -1.53. The summed E-state index contributed by atoms with van der Waals surface area (Å²) < 4.78 is 4.64. The number of rotatable bonds is 9. The number of urea groups is 1. The number of fused-ring (bicyclic) bond motifs is 1. The summed E-state index contributed by atoms with van der Waals surface area (Å²) in [5, 5.41) is 2.91. The van der Waals surface area contributed by atoms with Crippen molar-refractivity contribution in [2.75, 3.05) is 13.7 Å². The first-order valence-electron chi connectivity index (χ1n) is 9.58. The average Bonchev–Trinajstić information content (AvgIpc) is 2.68. The molecular formula is C20H27N3O5. The minimum absolute atomic E-state index is 0.0225. The van der Waals surface area contributed by atoms with Gasteiger partial charge in [0.1, 0.15) is 0 Å². The molecule has 152 valence electrons. The van der Waals surface area contributed by atoms with Crippen LogP contribution in [0, 0.1) is 5.92 Å². The molecule has 1 N–H and O–H groups in total. The van der Waals surface area contributed by atoms with E-state index in [4.69, 9.17) is 0 Å². The van der Waals surface area contributed by atoms with Crippen LogP contribution < -0.4 is 5.32 Å². The van der Waals surface area contributed by atoms with Gasteiger partial charge in [0.15, 0.2) is 0 Å². The molecular weight excluding hydrogens is 362 g/mol. The summed E-state index contributed by atoms with van der Waals surface area (Å²) >= 11 is 0. The quantitative estimate of drug-likeness (QED) is 0.480. The maximum Gasteiger partial charge on any atom is 0.350 e. The highest BCUT2D eigenvalue weighted by atomic mass is 16.5. The van der Waals surface area contributed by atoms with Gasteiger partial charge in [-0.25, -0.2) is 9.59 Å². The van der Waals surface area contributed by atoms with E-state index >= 15 is 0 Å². The molecule has 0 aromatic rings. The van der Waals surface area contributed by atoms with Crippen molar-refractivity contribution in [1.29, 1.82) is 0 Å². The van der Waals surface area contributed by atoms with Gasteiger partial charge in [0.2, 0.25) is 11.8 Å². The van der Waals surface area contributed by atoms with Crippen LogP contribution in [0.1, 0.15) is 46.0 Å². The fourth-order valence-electron chi connectivity index (χ4n) is 2.97. The Hall–Kier alpha value is -2.77. The molecule has 2 aliphatic rings. The predicted molar refractivity (Wildman–Crippen MR) is 104 cm³/mol. The standard InChI is InChI=1S/C20H27N3O5/c1-4-13(2)21-17(24)8-6-5-7-11-23-18(25)15-10-9-14(19(26)28-3)12-16(15)22-20(23)27/h9-10,12-13,15H,4-8,11H2,1-3H3,(H,21,24). The van der Waals surface area contributed by atoms with E-state index in [-0.39, 0.29) is 35.7 Å². The molecule has 2 atom stereocenters. The van der Waals surface area contributed by atoms with E-state index in [2.05, 4.69) is 15.0 Å². The van der Waals surface area contributed by atoms with Crippen molar-refractivity contribution in [1.82, 2.24) is 10.2 Å². The third-order valence-corrected chi connectivity index (χ3v) is 4.80. The maximum absolute atomic E-state index is 12.6. The topological polar surface area (TPSA) is 105 Å². The summed E-state index contributed by atoms with van der Waals surface area (Å²) in [6.07, 6.45) is 7.85. The van der Waals surface area contributed by atoms with Gasteiger partial charge >= 0.3 is 12.0 Å². The number of carbonyl (C=O) groups is 4. The van der Waals surface area contributed by atoms with Gasteiger partial charge in [-0.05, 0) is 32.3 Å². The Morgan fingerprint density at radius 2 is 2.04 bits per heavy atom. The summed E-state index contributed by atoms with van der Waals surface area (Å²) in [4.78, 5) is 53.2. The first-order valence-corrected chi connectivity index (χ1v) is 9.58. The molecule has 1 heterocycles. The maximum atomic E-state index is 12.6. The fourth-order valence-corrected chi connectivity index (χ4v) is 2.97. The van der Waals surface area contributed by atoms with Gasteiger partial charge in [0.25, 0.3) is 0 Å². The van der Waals surface area contributed by atoms with Crippen LogP contribution in [-0.2, 0) is 19.1 Å². The fraction of sp³-hybridized carbons (Fsp3) is 0.550. The van der Waals surface area contributed by atoms with Gasteiger partial charge < -0.3 is 10.1 Å². The van der Waals surface area contributed by atoms with Crippen LogP contribution in [0.25, 0.3) is 0 Å². The smallest absolute Gasteiger partial charge is 0.350 e. The van der Waals surface area contributed by atoms with Gasteiger partial charge in [0, 0.05) is 19.0 Å². The van der Waals surface area contributed by atoms with E-state index in [0.29, 0.717) is 19.3 Å². The monoisotopic (exact) mass is 389 g/mol. The predicted octanol–water partition coefficient (Wildman–Crippen LogP) is 2.15. The summed E-state index contributed by atoms with van der Waals surface area (Å²) in [7, 11) is 1.26. The SMILES string of the molecule is CCC(C)NC(=O)CCCCCN1C(=O)N=C2C=C(C(=O)OC)C=CC2C1=O. The number of carbonyl (C=O) groups excluding carboxylic acids is 4. The number of amides is 4. The lowest BCUT2D eigenvalue weighted by Crippen LogP contribution is -2.46. The van der Waals surface area contributed by atoms with Crippen molar-refractivity contribution in [3.05, 3.63) is 23.8 Å². The first kappa shape index (κ1) is 21.5. The number of methoxy groups -OCH3 is 1. The van der Waals surface area contributed by atoms with E-state index in [0.717, 1.165) is 17.7 Å². The molecule has 0 saturated carbocycles. The Labute approximate surface area is 164 Å². The number of hydrogen-bond acceptors (Lipinski definition) is 5. The second kappa shape index (κ2) is 9.96. The zero-order chi connectivity index (χ0) is 20.7. The number of aliphatic imine (C=N–C) groups is 1. The van der Waals surface area contributed by atoms with Gasteiger partial charge in [0.05, 0.1) is 24.3 Å². The number of imide groups is 1. The van der Waals surface area contributed by atoms with Crippen LogP contribution in [-0.4, -0.2) is 54.1 Å². The molecule has 2 rings (SSSR count). The van der Waals surface area contributed by atoms with E-state index < -0.39 is 17.9 Å². The zero-order valence-corrected chi connectivity index (χ0v) is 16.6. The zero-order valence-electron chi connectivity index (χ0n) is 16.6. The van der Waals surface area contributed by atoms with E-state index in [9.17, 15) is 19.2 Å². The highest BCUT2D eigenvalue weighted by Gasteiger charge is 2.36. The second-order valence-electron chi connectivity index (χ2n) is 6.92. The number of allylic oxidation sites excluding steroid dienone is 1. The Morgan fingerprint density at radius 1 is 1.29 bits per heavy atom. The number of ether oxygens (including phenoxy) is 1. The Morgan fingerprint density at radius 3 is 2.71 bits per heavy atom. The molecule has 0 radical (unpaired) electrons. The van der Waals surface area contributed by atoms with Crippen molar-refractivity contribution in [2.45, 2.75) is 52.0 Å². The van der Waals surface area contributed by atoms with E-state index in [1.807, 2.05) is 13.8 Å². The molecule has 2 unspecified atom stereocenters. The molecule has 0 saturated heterocycles. The van der Waals surface area contributed by atoms with Gasteiger partial charge in [-0.3, -0.25) is 14.5 Å². The first-order chi connectivity index (χ1) is 13.4. The highest BCUT2D eigenvalue weighted by Crippen LogP contribution is 2.23. The molecule has 1 aliphatic heterocycles. The molecule has 28 heavy (non-hydrogen) atoms. The van der Waals surface area contributed by atoms with Crippen LogP contribution in [0.5, 0.6) is 0 Å². The van der Waals surface area contributed by atoms with Crippen LogP contribution in [0.2, 0.25) is 0 Å². The van der Waals surface area contributed by atoms with Crippen molar-refractivity contribution < 1.29 is 23.9 Å². The Bertz CT molecular complexity index is 738. The summed E-state index contributed by atoms with van der Waals surface area (Å²) in [5.41, 5.74) is 0.512. The van der Waals surface area contributed by atoms with Crippen LogP contribution in [0.15, 0.2) is 28.8 Å². The van der Waals surface area contributed by atoms with Crippen molar-refractivity contribution in [3.8, 4) is 0 Å². The lowest BCUT2D eigenvalue weighted by atomic mass is 9.92. The minimum Gasteiger partial charge on any atom is -0.465 e. The molecule has 4 amide bonds. The number of esters is 1. The number of hydrogen-bond donors (Lipinski definition) is 1. The highest BCUT2D eigenvalue weighted by molar-refractivity contribution is 6.23. The molecule has 8 nitrogen and oxygen atoms in total. The van der Waals surface area contributed by atoms with E-state index in [1.54, 1.807) is 6.08 Å². The Balaban J connectivity index is 1.84. The van der Waals surface area contributed by atoms with Crippen LogP contribution >= 0.6 is 0 Å². The summed E-state index contributed by atoms with van der Waals surface area (Å²) in [6, 6.07) is -0.457. The lowest BCUT2D eigenvalue weighted by molar-refractivity contribution is -0.136. The molecule has 0 aromatic heterocycles. The molecule has 1 aliphatic carbocycles. The Kier molecular flexibility index (Phi) is 7.66. The lowest BCUT2D eigenvalue weighted by Gasteiger charge is -2.28. The summed E-state index contributed by atoms with van der Waals surface area (Å²) in [6.45, 7) is 4.24. The molecule has 8 heteroatoms. The molecule has 0 bridgehead atoms. The second-order valence-corrected chi connectivity index (χ2v) is 6.92. The van der Waals surface area contributed by atoms with E-state index in [1.165, 1.54) is 19.3 Å². The number of nitrogens with one attached hydrogen (secondary N) is 1. The molecule has 0 fully saturated rings. The van der Waals surface area contributed by atoms with Crippen molar-refractivity contribution in [3.63, 3.8) is 0 Å². The van der Waals surface area contributed by atoms with Crippen LogP contribution in [0.3, 0.4) is 0 Å². The number of nitrogens with zero attached hydrogens (tertiary/aromatic N) is 2. The van der Waals surface area contributed by atoms with Crippen molar-refractivity contribution in [2.24, 2.45) is 10.9 Å². The minimum atomic E-state index is -0.660. The third-order valence-electron chi connectivity index (χ3n) is 4.80. The van der Waals surface area contributed by atoms with Gasteiger partial charge in [-0.15, -0.1) is 0 Å². The average molecular weight is 389 g/mol. The number of unbranched alkanes of at least 4 members (excludes halogenated alkanes) is 2. The largest absolute Gasteiger partial charge is 0.465 e. The van der Waals surface area contributed by atoms with Gasteiger partial charge in [-0.2, -0.15) is 4.99 Å². The van der Waals surface area contributed by atoms with Gasteiger partial charge in [-0.1, -0.05) is 25.5 Å². The van der Waals surface area contributed by atoms with Crippen molar-refractivity contribution >= 4 is 29.5 Å². The molecule has 0 spiro atoms. The normalized spacial score (nSPS) is 19.5. The van der Waals surface area contributed by atoms with Crippen LogP contribution in [0.4, 0.5) is 4.79 Å². The molecule has 0 aromatic carbocycles.